The maximum Gasteiger partial charge on any atom is 0.255 e. The predicted octanol–water partition coefficient (Wildman–Crippen LogP) is 1.93. The fourth-order valence-electron chi connectivity index (χ4n) is 3.54. The van der Waals surface area contributed by atoms with Crippen molar-refractivity contribution in [3.8, 4) is 5.75 Å². The third kappa shape index (κ3) is 2.85. The lowest BCUT2D eigenvalue weighted by Crippen LogP contribution is -2.54. The summed E-state index contributed by atoms with van der Waals surface area (Å²) in [5, 5.41) is 0. The molecule has 6 nitrogen and oxygen atoms in total. The summed E-state index contributed by atoms with van der Waals surface area (Å²) in [5.41, 5.74) is 0.620. The van der Waals surface area contributed by atoms with E-state index in [1.807, 2.05) is 17.0 Å². The standard InChI is InChI=1S/C18H19N3O3/c22-18(13-3-1-7-19-11-13)21-9-10-23-17-15(21)5-6-16(17)24-14-4-2-8-20-12-14/h1-4,7-8,11-12,15-17H,5-6,9-10H2/t15-,16+,17+/m1/s1. The zero-order chi connectivity index (χ0) is 16.4. The molecular weight excluding hydrogens is 306 g/mol. The minimum atomic E-state index is -0.0976. The van der Waals surface area contributed by atoms with Crippen molar-refractivity contribution in [2.75, 3.05) is 13.2 Å². The molecule has 0 N–H and O–H groups in total. The van der Waals surface area contributed by atoms with E-state index in [-0.39, 0.29) is 24.2 Å². The van der Waals surface area contributed by atoms with Crippen LogP contribution in [0.1, 0.15) is 23.2 Å². The van der Waals surface area contributed by atoms with Gasteiger partial charge in [-0.25, -0.2) is 0 Å². The van der Waals surface area contributed by atoms with Crippen molar-refractivity contribution >= 4 is 5.91 Å². The molecule has 1 aliphatic carbocycles. The van der Waals surface area contributed by atoms with Crippen LogP contribution in [0.2, 0.25) is 0 Å². The van der Waals surface area contributed by atoms with Gasteiger partial charge in [0.2, 0.25) is 0 Å². The lowest BCUT2D eigenvalue weighted by molar-refractivity contribution is -0.0786. The molecule has 3 heterocycles. The van der Waals surface area contributed by atoms with Gasteiger partial charge in [-0.05, 0) is 37.1 Å². The summed E-state index contributed by atoms with van der Waals surface area (Å²) < 4.78 is 12.0. The van der Waals surface area contributed by atoms with Crippen molar-refractivity contribution < 1.29 is 14.3 Å². The number of morpholine rings is 1. The third-order valence-corrected chi connectivity index (χ3v) is 4.63. The van der Waals surface area contributed by atoms with Crippen LogP contribution in [0.25, 0.3) is 0 Å². The number of amides is 1. The molecule has 24 heavy (non-hydrogen) atoms. The average Bonchev–Trinajstić information content (AvgIpc) is 3.06. The van der Waals surface area contributed by atoms with E-state index in [2.05, 4.69) is 9.97 Å². The fraction of sp³-hybridized carbons (Fsp3) is 0.389. The van der Waals surface area contributed by atoms with E-state index in [1.165, 1.54) is 0 Å². The molecule has 2 aromatic rings. The van der Waals surface area contributed by atoms with E-state index in [9.17, 15) is 4.79 Å². The van der Waals surface area contributed by atoms with Crippen LogP contribution in [0.3, 0.4) is 0 Å². The molecule has 0 spiro atoms. The number of rotatable bonds is 3. The first kappa shape index (κ1) is 15.1. The molecule has 6 heteroatoms. The lowest BCUT2D eigenvalue weighted by Gasteiger charge is -2.39. The predicted molar refractivity (Wildman–Crippen MR) is 86.7 cm³/mol. The molecule has 1 saturated carbocycles. The Morgan fingerprint density at radius 2 is 2.00 bits per heavy atom. The van der Waals surface area contributed by atoms with Crippen LogP contribution in [0.15, 0.2) is 49.1 Å². The molecule has 1 aliphatic heterocycles. The van der Waals surface area contributed by atoms with Crippen LogP contribution >= 0.6 is 0 Å². The molecular formula is C18H19N3O3. The zero-order valence-corrected chi connectivity index (χ0v) is 13.2. The van der Waals surface area contributed by atoms with Crippen molar-refractivity contribution in [3.63, 3.8) is 0 Å². The summed E-state index contributed by atoms with van der Waals surface area (Å²) >= 11 is 0. The second-order valence-corrected chi connectivity index (χ2v) is 6.07. The maximum absolute atomic E-state index is 12.8. The summed E-state index contributed by atoms with van der Waals surface area (Å²) in [7, 11) is 0. The zero-order valence-electron chi connectivity index (χ0n) is 13.2. The lowest BCUT2D eigenvalue weighted by atomic mass is 10.1. The molecule has 0 radical (unpaired) electrons. The van der Waals surface area contributed by atoms with Gasteiger partial charge in [0, 0.05) is 25.1 Å². The van der Waals surface area contributed by atoms with Gasteiger partial charge in [-0.2, -0.15) is 0 Å². The first-order chi connectivity index (χ1) is 11.8. The molecule has 124 valence electrons. The number of ether oxygens (including phenoxy) is 2. The minimum absolute atomic E-state index is 0.0171. The van der Waals surface area contributed by atoms with Crippen molar-refractivity contribution in [1.29, 1.82) is 0 Å². The molecule has 1 saturated heterocycles. The molecule has 0 aromatic carbocycles. The number of pyridine rings is 2. The monoisotopic (exact) mass is 325 g/mol. The average molecular weight is 325 g/mol. The van der Waals surface area contributed by atoms with Gasteiger partial charge in [-0.3, -0.25) is 14.8 Å². The van der Waals surface area contributed by atoms with Crippen LogP contribution in [0.4, 0.5) is 0 Å². The molecule has 0 unspecified atom stereocenters. The van der Waals surface area contributed by atoms with E-state index in [0.717, 1.165) is 18.6 Å². The summed E-state index contributed by atoms with van der Waals surface area (Å²) in [6.45, 7) is 1.13. The molecule has 4 rings (SSSR count). The number of carbonyl (C=O) groups is 1. The summed E-state index contributed by atoms with van der Waals surface area (Å²) in [4.78, 5) is 22.8. The Kier molecular flexibility index (Phi) is 4.13. The summed E-state index contributed by atoms with van der Waals surface area (Å²) in [6, 6.07) is 7.38. The Labute approximate surface area is 140 Å². The first-order valence-corrected chi connectivity index (χ1v) is 8.22. The van der Waals surface area contributed by atoms with Gasteiger partial charge in [0.15, 0.2) is 0 Å². The van der Waals surface area contributed by atoms with Crippen LogP contribution < -0.4 is 4.74 Å². The number of nitrogens with zero attached hydrogens (tertiary/aromatic N) is 3. The highest BCUT2D eigenvalue weighted by Gasteiger charge is 2.45. The molecule has 2 fully saturated rings. The Hall–Kier alpha value is -2.47. The Bertz CT molecular complexity index is 695. The van der Waals surface area contributed by atoms with Crippen molar-refractivity contribution in [2.45, 2.75) is 31.1 Å². The number of fused-ring (bicyclic) bond motifs is 1. The van der Waals surface area contributed by atoms with Crippen LogP contribution in [-0.2, 0) is 4.74 Å². The maximum atomic E-state index is 12.8. The van der Waals surface area contributed by atoms with Crippen molar-refractivity contribution in [3.05, 3.63) is 54.6 Å². The summed E-state index contributed by atoms with van der Waals surface area (Å²) in [6.07, 6.45) is 8.30. The van der Waals surface area contributed by atoms with Crippen LogP contribution in [-0.4, -0.2) is 52.2 Å². The Balaban J connectivity index is 1.49. The molecule has 0 bridgehead atoms. The second kappa shape index (κ2) is 6.57. The quantitative estimate of drug-likeness (QED) is 0.863. The smallest absolute Gasteiger partial charge is 0.255 e. The van der Waals surface area contributed by atoms with E-state index in [0.29, 0.717) is 18.7 Å². The number of aromatic nitrogens is 2. The van der Waals surface area contributed by atoms with Gasteiger partial charge in [0.05, 0.1) is 24.4 Å². The van der Waals surface area contributed by atoms with E-state index < -0.39 is 0 Å². The van der Waals surface area contributed by atoms with Gasteiger partial charge in [-0.1, -0.05) is 0 Å². The molecule has 2 aromatic heterocycles. The second-order valence-electron chi connectivity index (χ2n) is 6.07. The van der Waals surface area contributed by atoms with Crippen LogP contribution in [0, 0.1) is 0 Å². The van der Waals surface area contributed by atoms with Gasteiger partial charge in [0.1, 0.15) is 18.0 Å². The molecule has 1 amide bonds. The van der Waals surface area contributed by atoms with Gasteiger partial charge >= 0.3 is 0 Å². The van der Waals surface area contributed by atoms with E-state index in [1.54, 1.807) is 36.9 Å². The molecule has 2 aliphatic rings. The van der Waals surface area contributed by atoms with E-state index in [4.69, 9.17) is 9.47 Å². The normalized spacial score (nSPS) is 26.0. The van der Waals surface area contributed by atoms with Gasteiger partial charge < -0.3 is 14.4 Å². The highest BCUT2D eigenvalue weighted by atomic mass is 16.5. The highest BCUT2D eigenvalue weighted by molar-refractivity contribution is 5.94. The molecule has 3 atom stereocenters. The SMILES string of the molecule is O=C(c1cccnc1)N1CCO[C@@H]2[C@@H](Oc3cccnc3)CC[C@H]21. The largest absolute Gasteiger partial charge is 0.486 e. The highest BCUT2D eigenvalue weighted by Crippen LogP contribution is 2.33. The Morgan fingerprint density at radius 3 is 2.75 bits per heavy atom. The van der Waals surface area contributed by atoms with Crippen molar-refractivity contribution in [2.24, 2.45) is 0 Å². The van der Waals surface area contributed by atoms with Gasteiger partial charge in [-0.15, -0.1) is 0 Å². The fourth-order valence-corrected chi connectivity index (χ4v) is 3.54. The minimum Gasteiger partial charge on any atom is -0.486 e. The van der Waals surface area contributed by atoms with Crippen molar-refractivity contribution in [1.82, 2.24) is 14.9 Å². The Morgan fingerprint density at radius 1 is 1.17 bits per heavy atom. The van der Waals surface area contributed by atoms with E-state index >= 15 is 0 Å². The van der Waals surface area contributed by atoms with Crippen LogP contribution in [0.5, 0.6) is 5.75 Å². The van der Waals surface area contributed by atoms with Gasteiger partial charge in [0.25, 0.3) is 5.91 Å². The topological polar surface area (TPSA) is 64.6 Å². The number of hydrogen-bond acceptors (Lipinski definition) is 5. The third-order valence-electron chi connectivity index (χ3n) is 4.63. The first-order valence-electron chi connectivity index (χ1n) is 8.22. The number of carbonyl (C=O) groups excluding carboxylic acids is 1. The summed E-state index contributed by atoms with van der Waals surface area (Å²) in [5.74, 6) is 0.755. The number of hydrogen-bond donors (Lipinski definition) is 0.